The first-order chi connectivity index (χ1) is 6.13. The van der Waals surface area contributed by atoms with Gasteiger partial charge in [0.25, 0.3) is 0 Å². The summed E-state index contributed by atoms with van der Waals surface area (Å²) in [5.41, 5.74) is 1.63. The molecule has 2 aromatic rings. The minimum Gasteiger partial charge on any atom is -0.481 e. The lowest BCUT2D eigenvalue weighted by Gasteiger charge is -1.73. The summed E-state index contributed by atoms with van der Waals surface area (Å²) in [6.07, 6.45) is 0.222. The van der Waals surface area contributed by atoms with Crippen LogP contribution in [0.5, 0.6) is 0 Å². The summed E-state index contributed by atoms with van der Waals surface area (Å²) < 4.78 is 5.08. The van der Waals surface area contributed by atoms with Gasteiger partial charge in [-0.3, -0.25) is 4.79 Å². The summed E-state index contributed by atoms with van der Waals surface area (Å²) in [5.74, 6) is -0.745. The summed E-state index contributed by atoms with van der Waals surface area (Å²) in [4.78, 5) is 9.37. The van der Waals surface area contributed by atoms with Gasteiger partial charge in [-0.1, -0.05) is 18.5 Å². The molecule has 13 heavy (non-hydrogen) atoms. The zero-order valence-electron chi connectivity index (χ0n) is 7.08. The van der Waals surface area contributed by atoms with Crippen LogP contribution in [0.3, 0.4) is 0 Å². The van der Waals surface area contributed by atoms with Crippen molar-refractivity contribution < 1.29 is 14.3 Å². The second-order valence-corrected chi connectivity index (χ2v) is 2.85. The Labute approximate surface area is 80.2 Å². The van der Waals surface area contributed by atoms with E-state index in [9.17, 15) is 4.79 Å². The lowest BCUT2D eigenvalue weighted by atomic mass is 10.4. The number of hydrogen-bond acceptors (Lipinski definition) is 2. The number of hydrogen-bond donors (Lipinski definition) is 1. The Hall–Kier alpha value is -1.22. The van der Waals surface area contributed by atoms with Gasteiger partial charge in [0.1, 0.15) is 11.2 Å². The normalized spacial score (nSPS) is 9.69. The Morgan fingerprint density at radius 2 is 2.23 bits per heavy atom. The van der Waals surface area contributed by atoms with Crippen molar-refractivity contribution in [1.29, 1.82) is 0 Å². The van der Waals surface area contributed by atoms with E-state index in [0.717, 1.165) is 11.2 Å². The van der Waals surface area contributed by atoms with Crippen molar-refractivity contribution in [2.45, 2.75) is 13.3 Å². The van der Waals surface area contributed by atoms with Crippen molar-refractivity contribution >= 4 is 28.7 Å². The Bertz CT molecular complexity index is 380. The Kier molecular flexibility index (Phi) is 3.14. The highest BCUT2D eigenvalue weighted by molar-refractivity contribution is 6.34. The molecule has 4 heteroatoms. The Balaban J connectivity index is 0.000000149. The maximum absolute atomic E-state index is 9.37. The molecule has 0 saturated carbocycles. The molecule has 3 nitrogen and oxygen atoms in total. The molecular formula is C9H9ClO3. The molecule has 2 rings (SSSR count). The molecular weight excluding hydrogens is 192 g/mol. The number of carboxylic acid groups (broad SMARTS) is 1. The molecule has 0 aliphatic carbocycles. The van der Waals surface area contributed by atoms with Gasteiger partial charge >= 0.3 is 5.97 Å². The number of benzene rings is 1. The summed E-state index contributed by atoms with van der Waals surface area (Å²) >= 11 is 5.64. The summed E-state index contributed by atoms with van der Waals surface area (Å²) in [6.45, 7) is 1.60. The van der Waals surface area contributed by atoms with Crippen LogP contribution in [0.4, 0.5) is 0 Å². The van der Waals surface area contributed by atoms with Gasteiger partial charge in [-0.15, -0.1) is 0 Å². The van der Waals surface area contributed by atoms with Gasteiger partial charge < -0.3 is 9.52 Å². The van der Waals surface area contributed by atoms with Gasteiger partial charge in [-0.2, -0.15) is 0 Å². The molecule has 0 atom stereocenters. The van der Waals surface area contributed by atoms with E-state index in [1.54, 1.807) is 13.0 Å². The molecule has 0 aromatic carbocycles. The molecule has 0 spiro atoms. The van der Waals surface area contributed by atoms with Crippen molar-refractivity contribution in [2.24, 2.45) is 0 Å². The SMILES string of the molecule is CCC(=O)O.Clc1cc2ccc1o2. The van der Waals surface area contributed by atoms with E-state index < -0.39 is 5.97 Å². The lowest BCUT2D eigenvalue weighted by molar-refractivity contribution is -0.136. The number of carboxylic acids is 1. The van der Waals surface area contributed by atoms with Gasteiger partial charge in [0.15, 0.2) is 0 Å². The van der Waals surface area contributed by atoms with Crippen LogP contribution in [-0.2, 0) is 4.79 Å². The smallest absolute Gasteiger partial charge is 0.303 e. The molecule has 2 bridgehead atoms. The second kappa shape index (κ2) is 4.14. The van der Waals surface area contributed by atoms with Crippen LogP contribution in [0.15, 0.2) is 22.6 Å². The first kappa shape index (κ1) is 9.86. The van der Waals surface area contributed by atoms with Crippen molar-refractivity contribution in [3.8, 4) is 0 Å². The maximum Gasteiger partial charge on any atom is 0.303 e. The Morgan fingerprint density at radius 3 is 2.38 bits per heavy atom. The van der Waals surface area contributed by atoms with Crippen LogP contribution in [0.1, 0.15) is 13.3 Å². The molecule has 2 heterocycles. The monoisotopic (exact) mass is 200 g/mol. The van der Waals surface area contributed by atoms with Gasteiger partial charge in [0.05, 0.1) is 5.02 Å². The van der Waals surface area contributed by atoms with Crippen molar-refractivity contribution in [1.82, 2.24) is 0 Å². The van der Waals surface area contributed by atoms with Crippen LogP contribution in [0, 0.1) is 0 Å². The van der Waals surface area contributed by atoms with Gasteiger partial charge in [0.2, 0.25) is 0 Å². The van der Waals surface area contributed by atoms with Crippen LogP contribution < -0.4 is 0 Å². The molecule has 2 aromatic heterocycles. The van der Waals surface area contributed by atoms with E-state index >= 15 is 0 Å². The number of carbonyl (C=O) groups is 1. The maximum atomic E-state index is 9.37. The van der Waals surface area contributed by atoms with Crippen molar-refractivity contribution in [2.75, 3.05) is 0 Å². The number of aliphatic carboxylic acids is 1. The molecule has 0 aliphatic rings. The zero-order chi connectivity index (χ0) is 9.84. The lowest BCUT2D eigenvalue weighted by Crippen LogP contribution is -1.86. The number of rotatable bonds is 1. The average molecular weight is 201 g/mol. The largest absolute Gasteiger partial charge is 0.481 e. The minimum absolute atomic E-state index is 0.222. The first-order valence-electron chi connectivity index (χ1n) is 3.82. The van der Waals surface area contributed by atoms with E-state index in [4.69, 9.17) is 21.1 Å². The molecule has 70 valence electrons. The van der Waals surface area contributed by atoms with Crippen LogP contribution in [-0.4, -0.2) is 11.1 Å². The highest BCUT2D eigenvalue weighted by Gasteiger charge is 2.01. The van der Waals surface area contributed by atoms with Gasteiger partial charge in [-0.25, -0.2) is 0 Å². The van der Waals surface area contributed by atoms with Crippen LogP contribution in [0.25, 0.3) is 11.2 Å². The van der Waals surface area contributed by atoms with E-state index in [1.165, 1.54) is 0 Å². The fraction of sp³-hybridized carbons (Fsp3) is 0.222. The fourth-order valence-electron chi connectivity index (χ4n) is 0.755. The molecule has 0 fully saturated rings. The van der Waals surface area contributed by atoms with E-state index in [-0.39, 0.29) is 6.42 Å². The first-order valence-corrected chi connectivity index (χ1v) is 4.20. The number of fused-ring (bicyclic) bond motifs is 2. The topological polar surface area (TPSA) is 50.4 Å². The molecule has 0 unspecified atom stereocenters. The third-order valence-corrected chi connectivity index (χ3v) is 1.73. The molecule has 0 aliphatic heterocycles. The van der Waals surface area contributed by atoms with Crippen LogP contribution >= 0.6 is 11.6 Å². The highest BCUT2D eigenvalue weighted by atomic mass is 35.5. The van der Waals surface area contributed by atoms with Crippen molar-refractivity contribution in [3.05, 3.63) is 23.2 Å². The Morgan fingerprint density at radius 1 is 1.62 bits per heavy atom. The fourth-order valence-corrected chi connectivity index (χ4v) is 0.964. The van der Waals surface area contributed by atoms with E-state index in [2.05, 4.69) is 0 Å². The molecule has 0 amide bonds. The summed E-state index contributed by atoms with van der Waals surface area (Å²) in [7, 11) is 0. The zero-order valence-corrected chi connectivity index (χ0v) is 7.84. The average Bonchev–Trinajstić information content (AvgIpc) is 2.65. The predicted octanol–water partition coefficient (Wildman–Crippen LogP) is 3.01. The van der Waals surface area contributed by atoms with Gasteiger partial charge in [0, 0.05) is 12.5 Å². The quantitative estimate of drug-likeness (QED) is 0.770. The van der Waals surface area contributed by atoms with E-state index in [0.29, 0.717) is 5.02 Å². The minimum atomic E-state index is -0.745. The molecule has 0 saturated heterocycles. The third-order valence-electron chi connectivity index (χ3n) is 1.43. The number of halogens is 1. The van der Waals surface area contributed by atoms with Crippen LogP contribution in [0.2, 0.25) is 5.02 Å². The molecule has 1 N–H and O–H groups in total. The van der Waals surface area contributed by atoms with E-state index in [1.807, 2.05) is 12.1 Å². The summed E-state index contributed by atoms with van der Waals surface area (Å²) in [5, 5.41) is 8.43. The van der Waals surface area contributed by atoms with Gasteiger partial charge in [-0.05, 0) is 12.1 Å². The second-order valence-electron chi connectivity index (χ2n) is 2.44. The number of furan rings is 2. The predicted molar refractivity (Wildman–Crippen MR) is 50.3 cm³/mol. The molecule has 0 radical (unpaired) electrons. The third kappa shape index (κ3) is 2.63. The summed E-state index contributed by atoms with van der Waals surface area (Å²) in [6, 6.07) is 5.55. The van der Waals surface area contributed by atoms with Crippen molar-refractivity contribution in [3.63, 3.8) is 0 Å². The standard InChI is InChI=1S/C6H3ClO.C3H6O2/c7-5-3-4-1-2-6(5)8-4;1-2-3(4)5/h1-3H;2H2,1H3,(H,4,5). The highest BCUT2D eigenvalue weighted by Crippen LogP contribution is 2.25.